The Morgan fingerprint density at radius 3 is 1.58 bits per heavy atom. The maximum atomic E-state index is 12.4. The molecule has 0 unspecified atom stereocenters. The molecule has 1 aromatic carbocycles. The van der Waals surface area contributed by atoms with E-state index in [0.29, 0.717) is 6.61 Å². The van der Waals surface area contributed by atoms with Crippen molar-refractivity contribution < 1.29 is 29.0 Å². The Labute approximate surface area is 199 Å². The molecular formula is C27H42O6. The minimum absolute atomic E-state index is 0.0472. The van der Waals surface area contributed by atoms with Gasteiger partial charge in [0.25, 0.3) is 0 Å². The smallest absolute Gasteiger partial charge is 0.339 e. The first-order valence-electron chi connectivity index (χ1n) is 12.7. The number of esters is 2. The van der Waals surface area contributed by atoms with Crippen LogP contribution >= 0.6 is 0 Å². The summed E-state index contributed by atoms with van der Waals surface area (Å²) < 4.78 is 10.5. The van der Waals surface area contributed by atoms with Gasteiger partial charge in [-0.05, 0) is 31.0 Å². The maximum absolute atomic E-state index is 12.4. The summed E-state index contributed by atoms with van der Waals surface area (Å²) in [5.41, 5.74) is -0.169. The zero-order valence-electron chi connectivity index (χ0n) is 20.5. The number of rotatable bonds is 19. The van der Waals surface area contributed by atoms with Gasteiger partial charge < -0.3 is 14.6 Å². The van der Waals surface area contributed by atoms with Crippen molar-refractivity contribution in [3.05, 3.63) is 34.9 Å². The van der Waals surface area contributed by atoms with Crippen molar-refractivity contribution in [1.82, 2.24) is 0 Å². The molecule has 0 spiro atoms. The average molecular weight is 463 g/mol. The average Bonchev–Trinajstić information content (AvgIpc) is 2.81. The number of unbranched alkanes of at least 4 members (excludes halogenated alkanes) is 12. The first kappa shape index (κ1) is 28.7. The Morgan fingerprint density at radius 2 is 1.09 bits per heavy atom. The summed E-state index contributed by atoms with van der Waals surface area (Å²) in [7, 11) is 0. The summed E-state index contributed by atoms with van der Waals surface area (Å²) in [4.78, 5) is 36.3. The molecule has 1 rings (SSSR count). The molecule has 0 fully saturated rings. The molecule has 0 aliphatic carbocycles. The molecule has 0 amide bonds. The van der Waals surface area contributed by atoms with Gasteiger partial charge in [-0.3, -0.25) is 0 Å². The first-order valence-corrected chi connectivity index (χ1v) is 12.7. The molecule has 0 saturated carbocycles. The highest BCUT2D eigenvalue weighted by molar-refractivity contribution is 6.04. The van der Waals surface area contributed by atoms with Crippen molar-refractivity contribution >= 4 is 17.9 Å². The Morgan fingerprint density at radius 1 is 0.636 bits per heavy atom. The van der Waals surface area contributed by atoms with Gasteiger partial charge >= 0.3 is 17.9 Å². The molecule has 6 heteroatoms. The lowest BCUT2D eigenvalue weighted by atomic mass is 10.0. The van der Waals surface area contributed by atoms with Gasteiger partial charge in [-0.25, -0.2) is 14.4 Å². The molecule has 0 aromatic heterocycles. The molecule has 6 nitrogen and oxygen atoms in total. The van der Waals surface area contributed by atoms with E-state index in [4.69, 9.17) is 9.47 Å². The summed E-state index contributed by atoms with van der Waals surface area (Å²) in [6, 6.07) is 3.95. The lowest BCUT2D eigenvalue weighted by molar-refractivity contribution is 0.0477. The van der Waals surface area contributed by atoms with Crippen molar-refractivity contribution in [2.75, 3.05) is 13.2 Å². The molecule has 0 aliphatic heterocycles. The topological polar surface area (TPSA) is 89.9 Å². The van der Waals surface area contributed by atoms with Crippen LogP contribution in [0.15, 0.2) is 18.2 Å². The summed E-state index contributed by atoms with van der Waals surface area (Å²) >= 11 is 0. The number of benzene rings is 1. The van der Waals surface area contributed by atoms with E-state index >= 15 is 0 Å². The van der Waals surface area contributed by atoms with E-state index in [9.17, 15) is 19.5 Å². The molecule has 0 bridgehead atoms. The summed E-state index contributed by atoms with van der Waals surface area (Å²) in [6.45, 7) is 4.92. The van der Waals surface area contributed by atoms with Crippen LogP contribution < -0.4 is 0 Å². The van der Waals surface area contributed by atoms with E-state index in [1.807, 2.05) is 0 Å². The van der Waals surface area contributed by atoms with Crippen LogP contribution in [0.25, 0.3) is 0 Å². The molecule has 1 aromatic rings. The highest BCUT2D eigenvalue weighted by Gasteiger charge is 2.20. The van der Waals surface area contributed by atoms with E-state index in [-0.39, 0.29) is 23.3 Å². The Bertz CT molecular complexity index is 713. The number of hydrogen-bond donors (Lipinski definition) is 1. The number of aromatic carboxylic acids is 1. The Hall–Kier alpha value is -2.37. The molecule has 0 atom stereocenters. The zero-order chi connectivity index (χ0) is 24.3. The molecule has 1 N–H and O–H groups in total. The number of ether oxygens (including phenoxy) is 2. The highest BCUT2D eigenvalue weighted by Crippen LogP contribution is 2.16. The fraction of sp³-hybridized carbons (Fsp3) is 0.667. The van der Waals surface area contributed by atoms with E-state index < -0.39 is 17.9 Å². The van der Waals surface area contributed by atoms with Crippen LogP contribution in [0.3, 0.4) is 0 Å². The first-order chi connectivity index (χ1) is 16.0. The van der Waals surface area contributed by atoms with Gasteiger partial charge in [0.1, 0.15) is 0 Å². The van der Waals surface area contributed by atoms with Crippen LogP contribution in [0.5, 0.6) is 0 Å². The number of hydrogen-bond acceptors (Lipinski definition) is 5. The summed E-state index contributed by atoms with van der Waals surface area (Å²) in [5, 5.41) is 9.51. The van der Waals surface area contributed by atoms with Crippen molar-refractivity contribution in [1.29, 1.82) is 0 Å². The van der Waals surface area contributed by atoms with Gasteiger partial charge in [0, 0.05) is 0 Å². The molecule has 0 saturated heterocycles. The predicted molar refractivity (Wildman–Crippen MR) is 130 cm³/mol. The third-order valence-corrected chi connectivity index (χ3v) is 5.67. The SMILES string of the molecule is CCCCCCCCCOC(=O)c1ccc(C(=O)OCCCCCCCCC)c(C(=O)O)c1. The number of carbonyl (C=O) groups excluding carboxylic acids is 2. The standard InChI is InChI=1S/C27H42O6/c1-3-5-7-9-11-13-15-19-32-26(30)22-17-18-23(24(21-22)25(28)29)27(31)33-20-16-14-12-10-8-6-4-2/h17-18,21H,3-16,19-20H2,1-2H3,(H,28,29). The summed E-state index contributed by atoms with van der Waals surface area (Å²) in [5.74, 6) is -2.53. The third kappa shape index (κ3) is 12.4. The van der Waals surface area contributed by atoms with Gasteiger partial charge in [0.2, 0.25) is 0 Å². The second kappa shape index (κ2) is 18.1. The van der Waals surface area contributed by atoms with Gasteiger partial charge in [-0.15, -0.1) is 0 Å². The number of carboxylic acids is 1. The van der Waals surface area contributed by atoms with Crippen molar-refractivity contribution in [2.24, 2.45) is 0 Å². The normalized spacial score (nSPS) is 10.7. The van der Waals surface area contributed by atoms with Crippen molar-refractivity contribution in [2.45, 2.75) is 104 Å². The third-order valence-electron chi connectivity index (χ3n) is 5.67. The molecule has 33 heavy (non-hydrogen) atoms. The lowest BCUT2D eigenvalue weighted by Crippen LogP contribution is -2.15. The lowest BCUT2D eigenvalue weighted by Gasteiger charge is -2.10. The quantitative estimate of drug-likeness (QED) is 0.173. The second-order valence-electron chi connectivity index (χ2n) is 8.58. The molecular weight excluding hydrogens is 420 g/mol. The Balaban J connectivity index is 2.45. The predicted octanol–water partition coefficient (Wildman–Crippen LogP) is 7.20. The maximum Gasteiger partial charge on any atom is 0.339 e. The van der Waals surface area contributed by atoms with Crippen LogP contribution in [-0.2, 0) is 9.47 Å². The number of carbonyl (C=O) groups is 3. The van der Waals surface area contributed by atoms with E-state index in [2.05, 4.69) is 13.8 Å². The molecule has 186 valence electrons. The van der Waals surface area contributed by atoms with E-state index in [0.717, 1.165) is 38.5 Å². The zero-order valence-corrected chi connectivity index (χ0v) is 20.5. The van der Waals surface area contributed by atoms with E-state index in [1.54, 1.807) is 0 Å². The minimum atomic E-state index is -1.28. The molecule has 0 heterocycles. The monoisotopic (exact) mass is 462 g/mol. The molecule has 0 radical (unpaired) electrons. The Kier molecular flexibility index (Phi) is 15.7. The van der Waals surface area contributed by atoms with Crippen LogP contribution in [0.2, 0.25) is 0 Å². The minimum Gasteiger partial charge on any atom is -0.478 e. The van der Waals surface area contributed by atoms with E-state index in [1.165, 1.54) is 69.6 Å². The van der Waals surface area contributed by atoms with Crippen LogP contribution in [0.4, 0.5) is 0 Å². The van der Waals surface area contributed by atoms with Crippen LogP contribution in [0.1, 0.15) is 135 Å². The number of carboxylic acid groups (broad SMARTS) is 1. The van der Waals surface area contributed by atoms with Crippen molar-refractivity contribution in [3.63, 3.8) is 0 Å². The summed E-state index contributed by atoms with van der Waals surface area (Å²) in [6.07, 6.45) is 15.5. The second-order valence-corrected chi connectivity index (χ2v) is 8.58. The van der Waals surface area contributed by atoms with Crippen LogP contribution in [-0.4, -0.2) is 36.2 Å². The fourth-order valence-corrected chi connectivity index (χ4v) is 3.64. The largest absolute Gasteiger partial charge is 0.478 e. The highest BCUT2D eigenvalue weighted by atomic mass is 16.5. The van der Waals surface area contributed by atoms with Crippen molar-refractivity contribution in [3.8, 4) is 0 Å². The van der Waals surface area contributed by atoms with Gasteiger partial charge in [0.05, 0.1) is 29.9 Å². The van der Waals surface area contributed by atoms with Gasteiger partial charge in [0.15, 0.2) is 0 Å². The van der Waals surface area contributed by atoms with Gasteiger partial charge in [-0.2, -0.15) is 0 Å². The fourth-order valence-electron chi connectivity index (χ4n) is 3.64. The van der Waals surface area contributed by atoms with Gasteiger partial charge in [-0.1, -0.05) is 90.9 Å². The van der Waals surface area contributed by atoms with Crippen LogP contribution in [0, 0.1) is 0 Å². The molecule has 0 aliphatic rings.